The molecule has 2 atom stereocenters. The first-order valence-corrected chi connectivity index (χ1v) is 14.4. The Morgan fingerprint density at radius 2 is 1.20 bits per heavy atom. The molecule has 3 amide bonds. The van der Waals surface area contributed by atoms with Crippen LogP contribution in [0.3, 0.4) is 0 Å². The molecule has 5 N–H and O–H groups in total. The average Bonchev–Trinajstić information content (AvgIpc) is 3.44. The predicted molar refractivity (Wildman–Crippen MR) is 166 cm³/mol. The number of ether oxygens (including phenoxy) is 2. The summed E-state index contributed by atoms with van der Waals surface area (Å²) >= 11 is 0. The molecule has 284 valence electrons. The maximum absolute atomic E-state index is 13.0. The van der Waals surface area contributed by atoms with Crippen LogP contribution in [0.1, 0.15) is 27.2 Å². The van der Waals surface area contributed by atoms with E-state index in [1.807, 2.05) is 30.3 Å². The van der Waals surface area contributed by atoms with Crippen molar-refractivity contribution in [3.63, 3.8) is 0 Å². The number of carbonyl (C=O) groups is 3. The smallest absolute Gasteiger partial charge is 0.435 e. The molecule has 1 aromatic heterocycles. The van der Waals surface area contributed by atoms with Crippen LogP contribution in [0.15, 0.2) is 66.9 Å². The molecule has 11 nitrogen and oxygen atoms in total. The molecule has 0 unspecified atom stereocenters. The summed E-state index contributed by atoms with van der Waals surface area (Å²) in [4.78, 5) is 35.1. The lowest BCUT2D eigenvalue weighted by Crippen LogP contribution is -2.45. The number of alkyl halides is 9. The highest BCUT2D eigenvalue weighted by molar-refractivity contribution is 5.95. The van der Waals surface area contributed by atoms with Crippen molar-refractivity contribution in [2.24, 2.45) is 12.8 Å². The standard InChI is InChI=1S/C18H18F6N4O3.C12H15F3N2O2.ClH/c1-28-9-13(14(27-28)18(22,23)24)15(29)25-8-12(7-11-5-3-2-4-6-11)26-16(30)31-10-17(19,20)21;13-12(14,15)8-19-11(18)17-10(7-16)6-9-4-2-1-3-5-9;/h2-6,9,12H,7-8,10H2,1H3,(H,25,29)(H,26,30);1-5,10H,6-8,16H2,(H,17,18);1H/t12-;10-;/m00./s1. The minimum atomic E-state index is -4.86. The molecule has 3 aromatic rings. The van der Waals surface area contributed by atoms with Crippen LogP contribution in [0.25, 0.3) is 0 Å². The van der Waals surface area contributed by atoms with E-state index in [0.717, 1.165) is 16.4 Å². The maximum Gasteiger partial charge on any atom is 0.435 e. The number of alkyl carbamates (subject to hydrolysis) is 2. The fourth-order valence-electron chi connectivity index (χ4n) is 4.05. The van der Waals surface area contributed by atoms with Crippen LogP contribution in [0.4, 0.5) is 49.1 Å². The molecule has 51 heavy (non-hydrogen) atoms. The van der Waals surface area contributed by atoms with Crippen LogP contribution < -0.4 is 21.7 Å². The van der Waals surface area contributed by atoms with Gasteiger partial charge in [-0.1, -0.05) is 60.7 Å². The lowest BCUT2D eigenvalue weighted by molar-refractivity contribution is -0.160. The van der Waals surface area contributed by atoms with E-state index in [9.17, 15) is 53.9 Å². The van der Waals surface area contributed by atoms with Crippen LogP contribution in [-0.2, 0) is 35.5 Å². The number of hydrogen-bond donors (Lipinski definition) is 4. The summed E-state index contributed by atoms with van der Waals surface area (Å²) in [5, 5.41) is 9.94. The van der Waals surface area contributed by atoms with Crippen molar-refractivity contribution < 1.29 is 63.4 Å². The van der Waals surface area contributed by atoms with E-state index in [0.29, 0.717) is 12.0 Å². The van der Waals surface area contributed by atoms with E-state index in [4.69, 9.17) is 5.73 Å². The largest absolute Gasteiger partial charge is 0.440 e. The Balaban J connectivity index is 0.000000559. The van der Waals surface area contributed by atoms with Crippen LogP contribution in [0, 0.1) is 0 Å². The fourth-order valence-corrected chi connectivity index (χ4v) is 4.05. The van der Waals surface area contributed by atoms with Gasteiger partial charge in [0.05, 0.1) is 11.6 Å². The molecule has 0 saturated heterocycles. The molecule has 2 aromatic carbocycles. The number of halogens is 10. The number of aromatic nitrogens is 2. The summed E-state index contributed by atoms with van der Waals surface area (Å²) in [6.07, 6.45) is -15.2. The van der Waals surface area contributed by atoms with Crippen LogP contribution in [-0.4, -0.2) is 78.6 Å². The number of carbonyl (C=O) groups excluding carboxylic acids is 3. The highest BCUT2D eigenvalue weighted by Gasteiger charge is 2.39. The third-order valence-corrected chi connectivity index (χ3v) is 6.16. The normalized spacial score (nSPS) is 12.6. The van der Waals surface area contributed by atoms with E-state index >= 15 is 0 Å². The zero-order valence-corrected chi connectivity index (χ0v) is 27.4. The molecule has 3 rings (SSSR count). The van der Waals surface area contributed by atoms with Gasteiger partial charge in [0.2, 0.25) is 0 Å². The zero-order valence-electron chi connectivity index (χ0n) is 26.6. The van der Waals surface area contributed by atoms with Crippen LogP contribution >= 0.6 is 12.4 Å². The van der Waals surface area contributed by atoms with Gasteiger partial charge in [0.1, 0.15) is 0 Å². The number of rotatable bonds is 12. The number of hydrogen-bond acceptors (Lipinski definition) is 7. The summed E-state index contributed by atoms with van der Waals surface area (Å²) in [5.74, 6) is -1.11. The highest BCUT2D eigenvalue weighted by Crippen LogP contribution is 2.30. The second kappa shape index (κ2) is 20.2. The Kier molecular flexibility index (Phi) is 17.6. The number of amides is 3. The van der Waals surface area contributed by atoms with Gasteiger partial charge in [0, 0.05) is 32.4 Å². The topological polar surface area (TPSA) is 150 Å². The number of nitrogens with two attached hydrogens (primary N) is 1. The Morgan fingerprint density at radius 3 is 1.61 bits per heavy atom. The third-order valence-electron chi connectivity index (χ3n) is 6.16. The summed E-state index contributed by atoms with van der Waals surface area (Å²) in [6.45, 7) is -3.69. The molecule has 1 heterocycles. The summed E-state index contributed by atoms with van der Waals surface area (Å²) in [6, 6.07) is 16.1. The van der Waals surface area contributed by atoms with Crippen LogP contribution in [0.5, 0.6) is 0 Å². The number of benzene rings is 2. The van der Waals surface area contributed by atoms with E-state index in [1.54, 1.807) is 30.3 Å². The quantitative estimate of drug-likeness (QED) is 0.182. The molecule has 0 spiro atoms. The van der Waals surface area contributed by atoms with Gasteiger partial charge < -0.3 is 31.2 Å². The van der Waals surface area contributed by atoms with Crippen molar-refractivity contribution in [2.45, 2.75) is 43.5 Å². The second-order valence-electron chi connectivity index (χ2n) is 10.5. The van der Waals surface area contributed by atoms with E-state index in [2.05, 4.69) is 30.5 Å². The molecule has 21 heteroatoms. The van der Waals surface area contributed by atoms with Gasteiger partial charge in [-0.25, -0.2) is 9.59 Å². The van der Waals surface area contributed by atoms with E-state index in [1.165, 1.54) is 7.05 Å². The predicted octanol–water partition coefficient (Wildman–Crippen LogP) is 5.34. The average molecular weight is 765 g/mol. The molecular weight excluding hydrogens is 731 g/mol. The molecule has 0 fully saturated rings. The van der Waals surface area contributed by atoms with Crippen molar-refractivity contribution >= 4 is 30.5 Å². The lowest BCUT2D eigenvalue weighted by Gasteiger charge is -2.20. The Morgan fingerprint density at radius 1 is 0.765 bits per heavy atom. The van der Waals surface area contributed by atoms with E-state index < -0.39 is 73.2 Å². The maximum atomic E-state index is 13.0. The van der Waals surface area contributed by atoms with Gasteiger partial charge in [0.15, 0.2) is 18.9 Å². The molecule has 0 aliphatic carbocycles. The first kappa shape index (κ1) is 44.3. The molecule has 0 aliphatic rings. The van der Waals surface area contributed by atoms with E-state index in [-0.39, 0.29) is 31.9 Å². The Hall–Kier alpha value is -4.72. The molecule has 0 aliphatic heterocycles. The van der Waals surface area contributed by atoms with Gasteiger partial charge in [0.25, 0.3) is 5.91 Å². The van der Waals surface area contributed by atoms with Crippen molar-refractivity contribution in [1.29, 1.82) is 0 Å². The van der Waals surface area contributed by atoms with Crippen molar-refractivity contribution in [2.75, 3.05) is 26.3 Å². The third kappa shape index (κ3) is 18.2. The summed E-state index contributed by atoms with van der Waals surface area (Å²) in [7, 11) is 1.21. The number of nitrogens with one attached hydrogen (secondary N) is 3. The first-order valence-electron chi connectivity index (χ1n) is 14.4. The van der Waals surface area contributed by atoms with Crippen molar-refractivity contribution in [3.05, 3.63) is 89.2 Å². The minimum Gasteiger partial charge on any atom is -0.440 e. The lowest BCUT2D eigenvalue weighted by atomic mass is 10.1. The van der Waals surface area contributed by atoms with Gasteiger partial charge in [-0.3, -0.25) is 9.48 Å². The van der Waals surface area contributed by atoms with Crippen molar-refractivity contribution in [1.82, 2.24) is 25.7 Å². The van der Waals surface area contributed by atoms with Gasteiger partial charge in [-0.2, -0.15) is 44.6 Å². The highest BCUT2D eigenvalue weighted by atomic mass is 35.5. The van der Waals surface area contributed by atoms with Gasteiger partial charge in [-0.15, -0.1) is 12.4 Å². The Labute approximate surface area is 291 Å². The number of nitrogens with zero attached hydrogens (tertiary/aromatic N) is 2. The number of aryl methyl sites for hydroxylation is 1. The molecule has 0 saturated carbocycles. The summed E-state index contributed by atoms with van der Waals surface area (Å²) in [5.41, 5.74) is 4.93. The van der Waals surface area contributed by atoms with Gasteiger partial charge >= 0.3 is 30.7 Å². The fraction of sp³-hybridized carbons (Fsp3) is 0.400. The first-order chi connectivity index (χ1) is 23.3. The van der Waals surface area contributed by atoms with Crippen molar-refractivity contribution in [3.8, 4) is 0 Å². The molecule has 0 bridgehead atoms. The zero-order chi connectivity index (χ0) is 37.5. The molecule has 0 radical (unpaired) electrons. The van der Waals surface area contributed by atoms with Crippen LogP contribution in [0.2, 0.25) is 0 Å². The SMILES string of the molecule is Cl.Cn1cc(C(=O)NC[C@H](Cc2ccccc2)NC(=O)OCC(F)(F)F)c(C(F)(F)F)n1.NC[C@H](Cc1ccccc1)NC(=O)OCC(F)(F)F. The monoisotopic (exact) mass is 764 g/mol. The van der Waals surface area contributed by atoms with Gasteiger partial charge in [-0.05, 0) is 24.0 Å². The molecular formula is C30H34ClF9N6O5. The Bertz CT molecular complexity index is 1510. The minimum absolute atomic E-state index is 0. The second-order valence-corrected chi connectivity index (χ2v) is 10.5. The summed E-state index contributed by atoms with van der Waals surface area (Å²) < 4.78 is 120.